The maximum absolute atomic E-state index is 12.7. The Hall–Kier alpha value is -2.10. The zero-order valence-electron chi connectivity index (χ0n) is 15.3. The summed E-state index contributed by atoms with van der Waals surface area (Å²) in [4.78, 5) is 14.1. The second-order valence-electron chi connectivity index (χ2n) is 6.90. The molecule has 3 rings (SSSR count). The topological polar surface area (TPSA) is 74.7 Å². The van der Waals surface area contributed by atoms with E-state index in [9.17, 15) is 13.2 Å². The average Bonchev–Trinajstić information content (AvgIpc) is 3.27. The van der Waals surface area contributed by atoms with Crippen LogP contribution in [-0.4, -0.2) is 66.8 Å². The van der Waals surface area contributed by atoms with Crippen LogP contribution in [0.15, 0.2) is 17.3 Å². The zero-order chi connectivity index (χ0) is 19.3. The zero-order valence-corrected chi connectivity index (χ0v) is 15.3. The Morgan fingerprint density at radius 2 is 2.26 bits per heavy atom. The lowest BCUT2D eigenvalue weighted by Crippen LogP contribution is -2.41. The molecule has 1 atom stereocenters. The van der Waals surface area contributed by atoms with Gasteiger partial charge in [0, 0.05) is 44.4 Å². The number of aromatic nitrogens is 2. The van der Waals surface area contributed by atoms with Gasteiger partial charge in [0.25, 0.3) is 0 Å². The van der Waals surface area contributed by atoms with Gasteiger partial charge in [-0.25, -0.2) is 9.97 Å². The minimum Gasteiger partial charge on any atom is -0.381 e. The van der Waals surface area contributed by atoms with Gasteiger partial charge in [0.1, 0.15) is 5.69 Å². The number of likely N-dealkylation sites (tertiary alicyclic amines) is 1. The van der Waals surface area contributed by atoms with Gasteiger partial charge in [0.15, 0.2) is 5.96 Å². The first-order chi connectivity index (χ1) is 12.9. The largest absolute Gasteiger partial charge is 0.433 e. The first-order valence-electron chi connectivity index (χ1n) is 9.17. The van der Waals surface area contributed by atoms with E-state index in [1.807, 2.05) is 6.92 Å². The van der Waals surface area contributed by atoms with Crippen LogP contribution < -0.4 is 10.6 Å². The highest BCUT2D eigenvalue weighted by atomic mass is 19.4. The first kappa shape index (κ1) is 19.7. The number of ether oxygens (including phenoxy) is 1. The highest BCUT2D eigenvalue weighted by molar-refractivity contribution is 5.80. The molecule has 2 aliphatic heterocycles. The van der Waals surface area contributed by atoms with Gasteiger partial charge in [-0.3, -0.25) is 4.99 Å². The maximum atomic E-state index is 12.7. The van der Waals surface area contributed by atoms with Crippen molar-refractivity contribution < 1.29 is 17.9 Å². The summed E-state index contributed by atoms with van der Waals surface area (Å²) in [5, 5.41) is 6.08. The molecule has 1 spiro atoms. The fraction of sp³-hybridized carbons (Fsp3) is 0.706. The molecule has 7 nitrogen and oxygen atoms in total. The lowest BCUT2D eigenvalue weighted by molar-refractivity contribution is -0.141. The van der Waals surface area contributed by atoms with Gasteiger partial charge >= 0.3 is 6.18 Å². The van der Waals surface area contributed by atoms with Crippen molar-refractivity contribution in [2.45, 2.75) is 25.9 Å². The predicted molar refractivity (Wildman–Crippen MR) is 95.6 cm³/mol. The maximum Gasteiger partial charge on any atom is 0.433 e. The standard InChI is InChI=1S/C17H25F3N6O/c1-2-21-15(26-9-4-16(11-26)5-10-27-12-16)24-8-7-23-14-22-6-3-13(25-14)17(18,19)20/h3,6H,2,4-5,7-12H2,1H3,(H,21,24)(H,22,23,25). The number of hydrogen-bond acceptors (Lipinski definition) is 5. The third-order valence-corrected chi connectivity index (χ3v) is 4.86. The fourth-order valence-electron chi connectivity index (χ4n) is 3.44. The molecule has 2 N–H and O–H groups in total. The lowest BCUT2D eigenvalue weighted by atomic mass is 9.87. The Morgan fingerprint density at radius 1 is 1.41 bits per heavy atom. The first-order valence-corrected chi connectivity index (χ1v) is 9.17. The molecule has 1 unspecified atom stereocenters. The molecule has 1 aromatic heterocycles. The second kappa shape index (κ2) is 8.28. The lowest BCUT2D eigenvalue weighted by Gasteiger charge is -2.25. The van der Waals surface area contributed by atoms with Crippen LogP contribution in [0.1, 0.15) is 25.5 Å². The average molecular weight is 386 g/mol. The Labute approximate surface area is 156 Å². The van der Waals surface area contributed by atoms with Crippen molar-refractivity contribution in [1.29, 1.82) is 0 Å². The van der Waals surface area contributed by atoms with E-state index in [0.717, 1.165) is 63.9 Å². The molecule has 0 aromatic carbocycles. The second-order valence-corrected chi connectivity index (χ2v) is 6.90. The van der Waals surface area contributed by atoms with E-state index >= 15 is 0 Å². The number of guanidine groups is 1. The summed E-state index contributed by atoms with van der Waals surface area (Å²) in [5.74, 6) is 0.779. The van der Waals surface area contributed by atoms with Crippen molar-refractivity contribution in [3.8, 4) is 0 Å². The van der Waals surface area contributed by atoms with Gasteiger partial charge in [0.2, 0.25) is 5.95 Å². The number of nitrogens with one attached hydrogen (secondary N) is 2. The minimum atomic E-state index is -4.48. The fourth-order valence-corrected chi connectivity index (χ4v) is 3.44. The molecule has 3 heterocycles. The van der Waals surface area contributed by atoms with Gasteiger partial charge < -0.3 is 20.3 Å². The number of halogens is 3. The minimum absolute atomic E-state index is 0.0479. The Morgan fingerprint density at radius 3 is 2.96 bits per heavy atom. The van der Waals surface area contributed by atoms with Crippen LogP contribution in [0.5, 0.6) is 0 Å². The number of alkyl halides is 3. The quantitative estimate of drug-likeness (QED) is 0.458. The number of anilines is 1. The van der Waals surface area contributed by atoms with Crippen LogP contribution in [0.2, 0.25) is 0 Å². The molecule has 150 valence electrons. The monoisotopic (exact) mass is 386 g/mol. The highest BCUT2D eigenvalue weighted by Gasteiger charge is 2.42. The summed E-state index contributed by atoms with van der Waals surface area (Å²) < 4.78 is 43.6. The van der Waals surface area contributed by atoms with E-state index < -0.39 is 11.9 Å². The molecule has 0 bridgehead atoms. The Kier molecular flexibility index (Phi) is 6.03. The van der Waals surface area contributed by atoms with Crippen molar-refractivity contribution >= 4 is 11.9 Å². The van der Waals surface area contributed by atoms with Gasteiger partial charge in [-0.05, 0) is 25.8 Å². The van der Waals surface area contributed by atoms with Crippen LogP contribution in [0.3, 0.4) is 0 Å². The van der Waals surface area contributed by atoms with Crippen molar-refractivity contribution in [3.63, 3.8) is 0 Å². The summed E-state index contributed by atoms with van der Waals surface area (Å²) >= 11 is 0. The number of nitrogens with zero attached hydrogens (tertiary/aromatic N) is 4. The molecule has 0 radical (unpaired) electrons. The summed E-state index contributed by atoms with van der Waals surface area (Å²) in [7, 11) is 0. The van der Waals surface area contributed by atoms with E-state index in [4.69, 9.17) is 4.74 Å². The van der Waals surface area contributed by atoms with Gasteiger partial charge in [0.05, 0.1) is 13.2 Å². The molecule has 27 heavy (non-hydrogen) atoms. The molecule has 2 saturated heterocycles. The SMILES string of the molecule is CCNC(=NCCNc1nccc(C(F)(F)F)n1)N1CCC2(CCOC2)C1. The van der Waals surface area contributed by atoms with Crippen LogP contribution >= 0.6 is 0 Å². The summed E-state index contributed by atoms with van der Waals surface area (Å²) in [5.41, 5.74) is -0.724. The van der Waals surface area contributed by atoms with E-state index in [1.165, 1.54) is 0 Å². The molecule has 2 aliphatic rings. The van der Waals surface area contributed by atoms with Crippen LogP contribution in [0.25, 0.3) is 0 Å². The molecular formula is C17H25F3N6O. The van der Waals surface area contributed by atoms with Crippen LogP contribution in [0.4, 0.5) is 19.1 Å². The van der Waals surface area contributed by atoms with Crippen molar-refractivity contribution in [3.05, 3.63) is 18.0 Å². The summed E-state index contributed by atoms with van der Waals surface area (Å²) in [6, 6.07) is 0.850. The number of aliphatic imine (C=N–C) groups is 1. The van der Waals surface area contributed by atoms with E-state index in [0.29, 0.717) is 13.1 Å². The molecule has 0 aliphatic carbocycles. The molecule has 10 heteroatoms. The van der Waals surface area contributed by atoms with Crippen LogP contribution in [-0.2, 0) is 10.9 Å². The highest BCUT2D eigenvalue weighted by Crippen LogP contribution is 2.38. The van der Waals surface area contributed by atoms with Gasteiger partial charge in [-0.15, -0.1) is 0 Å². The van der Waals surface area contributed by atoms with Gasteiger partial charge in [-0.1, -0.05) is 0 Å². The third-order valence-electron chi connectivity index (χ3n) is 4.86. The van der Waals surface area contributed by atoms with Crippen molar-refractivity contribution in [2.24, 2.45) is 10.4 Å². The smallest absolute Gasteiger partial charge is 0.381 e. The molecule has 2 fully saturated rings. The molecular weight excluding hydrogens is 361 g/mol. The normalized spacial score (nSPS) is 23.3. The summed E-state index contributed by atoms with van der Waals surface area (Å²) in [6.07, 6.45) is -1.21. The third kappa shape index (κ3) is 5.00. The molecule has 0 saturated carbocycles. The van der Waals surface area contributed by atoms with E-state index in [2.05, 4.69) is 30.5 Å². The van der Waals surface area contributed by atoms with Crippen molar-refractivity contribution in [1.82, 2.24) is 20.2 Å². The number of rotatable bonds is 5. The number of hydrogen-bond donors (Lipinski definition) is 2. The van der Waals surface area contributed by atoms with Gasteiger partial charge in [-0.2, -0.15) is 13.2 Å². The predicted octanol–water partition coefficient (Wildman–Crippen LogP) is 1.99. The van der Waals surface area contributed by atoms with Crippen LogP contribution in [0, 0.1) is 5.41 Å². The molecule has 1 aromatic rings. The summed E-state index contributed by atoms with van der Waals surface area (Å²) in [6.45, 7) is 6.99. The van der Waals surface area contributed by atoms with E-state index in [-0.39, 0.29) is 11.4 Å². The Bertz CT molecular complexity index is 660. The van der Waals surface area contributed by atoms with E-state index in [1.54, 1.807) is 0 Å². The molecule has 0 amide bonds. The van der Waals surface area contributed by atoms with Crippen molar-refractivity contribution in [2.75, 3.05) is 51.3 Å². The Balaban J connectivity index is 1.54.